The van der Waals surface area contributed by atoms with Crippen LogP contribution in [0.3, 0.4) is 0 Å². The van der Waals surface area contributed by atoms with E-state index in [4.69, 9.17) is 14.5 Å². The van der Waals surface area contributed by atoms with Crippen molar-refractivity contribution < 1.29 is 9.47 Å². The second-order valence-corrected chi connectivity index (χ2v) is 8.47. The second-order valence-electron chi connectivity index (χ2n) is 8.47. The Bertz CT molecular complexity index is 1280. The monoisotopic (exact) mass is 459 g/mol. The maximum absolute atomic E-state index is 5.81. The standard InChI is InChI=1S/C27H33N5O2/c1-7-24-18(5)25-26(32(24)17(3)4)23(30-15-19-11-12-20(33-6)16-29-19)14-22(31-25)21-10-9-13-28-27(21)34-8-2/h9-14,16-17H,7-8,15H2,1-6H3,(H,30,31). The number of anilines is 1. The third kappa shape index (κ3) is 4.42. The van der Waals surface area contributed by atoms with Crippen LogP contribution in [0.2, 0.25) is 0 Å². The molecule has 0 aromatic carbocycles. The Morgan fingerprint density at radius 3 is 2.59 bits per heavy atom. The number of nitrogens with zero attached hydrogens (tertiary/aromatic N) is 4. The Morgan fingerprint density at radius 2 is 1.94 bits per heavy atom. The van der Waals surface area contributed by atoms with Gasteiger partial charge in [-0.2, -0.15) is 0 Å². The highest BCUT2D eigenvalue weighted by molar-refractivity contribution is 5.95. The van der Waals surface area contributed by atoms with Gasteiger partial charge in [0.05, 0.1) is 60.1 Å². The molecular weight excluding hydrogens is 426 g/mol. The van der Waals surface area contributed by atoms with E-state index in [1.54, 1.807) is 19.5 Å². The summed E-state index contributed by atoms with van der Waals surface area (Å²) < 4.78 is 13.5. The number of rotatable bonds is 9. The molecule has 0 spiro atoms. The zero-order valence-corrected chi connectivity index (χ0v) is 20.8. The number of hydrogen-bond acceptors (Lipinski definition) is 6. The molecule has 0 aliphatic rings. The number of nitrogens with one attached hydrogen (secondary N) is 1. The van der Waals surface area contributed by atoms with Crippen molar-refractivity contribution >= 4 is 16.7 Å². The van der Waals surface area contributed by atoms with Crippen LogP contribution in [-0.2, 0) is 13.0 Å². The number of pyridine rings is 3. The minimum atomic E-state index is 0.302. The number of methoxy groups -OCH3 is 1. The molecule has 4 aromatic heterocycles. The molecule has 178 valence electrons. The molecule has 4 rings (SSSR count). The average Bonchev–Trinajstić information content (AvgIpc) is 3.15. The van der Waals surface area contributed by atoms with Crippen LogP contribution >= 0.6 is 0 Å². The maximum atomic E-state index is 5.81. The molecule has 0 radical (unpaired) electrons. The van der Waals surface area contributed by atoms with E-state index in [-0.39, 0.29) is 0 Å². The van der Waals surface area contributed by atoms with Gasteiger partial charge in [0.2, 0.25) is 5.88 Å². The molecule has 4 heterocycles. The summed E-state index contributed by atoms with van der Waals surface area (Å²) in [5.74, 6) is 1.34. The minimum absolute atomic E-state index is 0.302. The summed E-state index contributed by atoms with van der Waals surface area (Å²) in [4.78, 5) is 14.1. The van der Waals surface area contributed by atoms with Gasteiger partial charge in [-0.15, -0.1) is 0 Å². The molecule has 34 heavy (non-hydrogen) atoms. The second kappa shape index (κ2) is 10.1. The average molecular weight is 460 g/mol. The van der Waals surface area contributed by atoms with E-state index in [0.717, 1.165) is 45.8 Å². The zero-order valence-electron chi connectivity index (χ0n) is 20.8. The Kier molecular flexibility index (Phi) is 7.01. The summed E-state index contributed by atoms with van der Waals surface area (Å²) in [6.45, 7) is 11.9. The first kappa shape index (κ1) is 23.5. The van der Waals surface area contributed by atoms with Gasteiger partial charge in [0.25, 0.3) is 0 Å². The van der Waals surface area contributed by atoms with Crippen molar-refractivity contribution in [2.24, 2.45) is 0 Å². The molecular formula is C27H33N5O2. The van der Waals surface area contributed by atoms with Gasteiger partial charge in [-0.05, 0) is 70.0 Å². The fraction of sp³-hybridized carbons (Fsp3) is 0.370. The van der Waals surface area contributed by atoms with Gasteiger partial charge in [0, 0.05) is 17.9 Å². The number of hydrogen-bond donors (Lipinski definition) is 1. The molecule has 0 saturated heterocycles. The first-order valence-electron chi connectivity index (χ1n) is 11.8. The predicted octanol–water partition coefficient (Wildman–Crippen LogP) is 5.96. The normalized spacial score (nSPS) is 11.3. The quantitative estimate of drug-likeness (QED) is 0.333. The van der Waals surface area contributed by atoms with Crippen LogP contribution in [-0.4, -0.2) is 33.2 Å². The summed E-state index contributed by atoms with van der Waals surface area (Å²) in [5.41, 5.74) is 8.28. The SMILES string of the molecule is CCOc1ncccc1-c1cc(NCc2ccc(OC)cn2)c2c(n1)c(C)c(CC)n2C(C)C. The van der Waals surface area contributed by atoms with Gasteiger partial charge in [-0.1, -0.05) is 6.92 Å². The molecule has 0 saturated carbocycles. The Hall–Kier alpha value is -3.61. The van der Waals surface area contributed by atoms with E-state index < -0.39 is 0 Å². The van der Waals surface area contributed by atoms with E-state index >= 15 is 0 Å². The Morgan fingerprint density at radius 1 is 1.12 bits per heavy atom. The van der Waals surface area contributed by atoms with Crippen LogP contribution in [0, 0.1) is 6.92 Å². The molecule has 0 atom stereocenters. The largest absolute Gasteiger partial charge is 0.495 e. The van der Waals surface area contributed by atoms with E-state index in [1.807, 2.05) is 31.2 Å². The predicted molar refractivity (Wildman–Crippen MR) is 137 cm³/mol. The van der Waals surface area contributed by atoms with Crippen LogP contribution < -0.4 is 14.8 Å². The first-order chi connectivity index (χ1) is 16.5. The summed E-state index contributed by atoms with van der Waals surface area (Å²) in [5, 5.41) is 3.64. The molecule has 4 aromatic rings. The molecule has 0 aliphatic carbocycles. The topological polar surface area (TPSA) is 74.1 Å². The molecule has 7 heteroatoms. The van der Waals surface area contributed by atoms with Crippen molar-refractivity contribution in [2.75, 3.05) is 19.0 Å². The lowest BCUT2D eigenvalue weighted by Gasteiger charge is -2.18. The van der Waals surface area contributed by atoms with Crippen molar-refractivity contribution in [3.05, 3.63) is 59.7 Å². The highest BCUT2D eigenvalue weighted by atomic mass is 16.5. The fourth-order valence-corrected chi connectivity index (χ4v) is 4.43. The van der Waals surface area contributed by atoms with Crippen LogP contribution in [0.5, 0.6) is 11.6 Å². The van der Waals surface area contributed by atoms with E-state index in [2.05, 4.69) is 53.6 Å². The first-order valence-corrected chi connectivity index (χ1v) is 11.8. The summed E-state index contributed by atoms with van der Waals surface area (Å²) in [6.07, 6.45) is 4.42. The zero-order chi connectivity index (χ0) is 24.2. The van der Waals surface area contributed by atoms with E-state index in [0.29, 0.717) is 25.1 Å². The summed E-state index contributed by atoms with van der Waals surface area (Å²) in [6, 6.07) is 10.2. The minimum Gasteiger partial charge on any atom is -0.495 e. The molecule has 1 N–H and O–H groups in total. The Labute approximate surface area is 201 Å². The van der Waals surface area contributed by atoms with Gasteiger partial charge in [-0.3, -0.25) is 4.98 Å². The third-order valence-corrected chi connectivity index (χ3v) is 5.99. The Balaban J connectivity index is 1.88. The number of fused-ring (bicyclic) bond motifs is 1. The van der Waals surface area contributed by atoms with Crippen LogP contribution in [0.1, 0.15) is 50.7 Å². The van der Waals surface area contributed by atoms with Gasteiger partial charge in [-0.25, -0.2) is 9.97 Å². The highest BCUT2D eigenvalue weighted by Crippen LogP contribution is 2.37. The van der Waals surface area contributed by atoms with Crippen molar-refractivity contribution in [3.8, 4) is 22.9 Å². The molecule has 0 fully saturated rings. The number of aromatic nitrogens is 4. The third-order valence-electron chi connectivity index (χ3n) is 5.99. The van der Waals surface area contributed by atoms with Crippen LogP contribution in [0.15, 0.2) is 42.7 Å². The van der Waals surface area contributed by atoms with Crippen LogP contribution in [0.4, 0.5) is 5.69 Å². The lowest BCUT2D eigenvalue weighted by atomic mass is 10.1. The fourth-order valence-electron chi connectivity index (χ4n) is 4.43. The molecule has 0 aliphatic heterocycles. The number of aryl methyl sites for hydroxylation is 1. The maximum Gasteiger partial charge on any atom is 0.222 e. The smallest absolute Gasteiger partial charge is 0.222 e. The molecule has 0 amide bonds. The van der Waals surface area contributed by atoms with Gasteiger partial charge < -0.3 is 19.4 Å². The van der Waals surface area contributed by atoms with Gasteiger partial charge >= 0.3 is 0 Å². The van der Waals surface area contributed by atoms with Crippen molar-refractivity contribution in [1.29, 1.82) is 0 Å². The number of ether oxygens (including phenoxy) is 2. The summed E-state index contributed by atoms with van der Waals surface area (Å²) in [7, 11) is 1.65. The lowest BCUT2D eigenvalue weighted by Crippen LogP contribution is -2.09. The molecule has 7 nitrogen and oxygen atoms in total. The molecule has 0 bridgehead atoms. The highest BCUT2D eigenvalue weighted by Gasteiger charge is 2.22. The van der Waals surface area contributed by atoms with Crippen LogP contribution in [0.25, 0.3) is 22.3 Å². The van der Waals surface area contributed by atoms with Gasteiger partial charge in [0.1, 0.15) is 5.75 Å². The van der Waals surface area contributed by atoms with E-state index in [1.165, 1.54) is 11.3 Å². The van der Waals surface area contributed by atoms with Crippen molar-refractivity contribution in [3.63, 3.8) is 0 Å². The van der Waals surface area contributed by atoms with Crippen molar-refractivity contribution in [2.45, 2.75) is 53.6 Å². The lowest BCUT2D eigenvalue weighted by molar-refractivity contribution is 0.328. The summed E-state index contributed by atoms with van der Waals surface area (Å²) >= 11 is 0. The molecule has 0 unspecified atom stereocenters. The van der Waals surface area contributed by atoms with E-state index in [9.17, 15) is 0 Å². The van der Waals surface area contributed by atoms with Gasteiger partial charge in [0.15, 0.2) is 0 Å². The van der Waals surface area contributed by atoms with Crippen molar-refractivity contribution in [1.82, 2.24) is 19.5 Å².